The van der Waals surface area contributed by atoms with Crippen LogP contribution >= 0.6 is 0 Å². The van der Waals surface area contributed by atoms with Crippen molar-refractivity contribution >= 4 is 0 Å². The Balaban J connectivity index is 1.63. The second-order valence-electron chi connectivity index (χ2n) is 5.93. The van der Waals surface area contributed by atoms with E-state index in [2.05, 4.69) is 47.5 Å². The smallest absolute Gasteiger partial charge is 0.0936 e. The lowest BCUT2D eigenvalue weighted by atomic mass is 9.89. The number of benzene rings is 1. The third-order valence-corrected chi connectivity index (χ3v) is 4.24. The third kappa shape index (κ3) is 3.20. The van der Waals surface area contributed by atoms with Crippen molar-refractivity contribution in [3.8, 4) is 0 Å². The molecule has 20 heavy (non-hydrogen) atoms. The summed E-state index contributed by atoms with van der Waals surface area (Å²) in [4.78, 5) is 2.49. The quantitative estimate of drug-likeness (QED) is 0.900. The van der Waals surface area contributed by atoms with Gasteiger partial charge in [0.25, 0.3) is 0 Å². The monoisotopic (exact) mass is 276 g/mol. The molecule has 2 unspecified atom stereocenters. The Hall–Kier alpha value is -0.940. The van der Waals surface area contributed by atoms with Gasteiger partial charge in [0.15, 0.2) is 0 Å². The molecule has 2 aliphatic heterocycles. The molecule has 2 atom stereocenters. The van der Waals surface area contributed by atoms with Crippen LogP contribution in [0.5, 0.6) is 0 Å². The molecule has 0 aromatic heterocycles. The summed E-state index contributed by atoms with van der Waals surface area (Å²) >= 11 is 0. The molecule has 3 rings (SSSR count). The van der Waals surface area contributed by atoms with Gasteiger partial charge in [0, 0.05) is 26.2 Å². The van der Waals surface area contributed by atoms with Gasteiger partial charge >= 0.3 is 0 Å². The van der Waals surface area contributed by atoms with E-state index in [1.807, 2.05) is 0 Å². The molecule has 1 N–H and O–H groups in total. The van der Waals surface area contributed by atoms with Gasteiger partial charge in [-0.2, -0.15) is 0 Å². The summed E-state index contributed by atoms with van der Waals surface area (Å²) in [6, 6.07) is 10.7. The molecule has 2 fully saturated rings. The molecular weight excluding hydrogens is 252 g/mol. The molecule has 1 aromatic rings. The molecule has 0 bridgehead atoms. The van der Waals surface area contributed by atoms with Gasteiger partial charge in [-0.1, -0.05) is 30.3 Å². The number of rotatable bonds is 3. The van der Waals surface area contributed by atoms with Crippen molar-refractivity contribution in [3.05, 3.63) is 35.9 Å². The van der Waals surface area contributed by atoms with E-state index >= 15 is 0 Å². The van der Waals surface area contributed by atoms with Crippen molar-refractivity contribution in [1.29, 1.82) is 0 Å². The Morgan fingerprint density at radius 2 is 2.15 bits per heavy atom. The fourth-order valence-electron chi connectivity index (χ4n) is 3.16. The summed E-state index contributed by atoms with van der Waals surface area (Å²) < 4.78 is 11.3. The zero-order chi connectivity index (χ0) is 13.8. The number of hydrogen-bond donors (Lipinski definition) is 1. The van der Waals surface area contributed by atoms with E-state index < -0.39 is 0 Å². The third-order valence-electron chi connectivity index (χ3n) is 4.24. The number of hydrogen-bond acceptors (Lipinski definition) is 4. The SMILES string of the molecule is CC1(c2ccccc2)CN(CC2COCCO2)CCN1. The van der Waals surface area contributed by atoms with Crippen LogP contribution in [-0.2, 0) is 15.0 Å². The minimum Gasteiger partial charge on any atom is -0.376 e. The highest BCUT2D eigenvalue weighted by Crippen LogP contribution is 2.24. The van der Waals surface area contributed by atoms with E-state index in [0.29, 0.717) is 0 Å². The van der Waals surface area contributed by atoms with Crippen LogP contribution in [0.25, 0.3) is 0 Å². The van der Waals surface area contributed by atoms with E-state index in [0.717, 1.165) is 46.0 Å². The molecule has 4 nitrogen and oxygen atoms in total. The van der Waals surface area contributed by atoms with Crippen LogP contribution in [0, 0.1) is 0 Å². The second kappa shape index (κ2) is 6.22. The van der Waals surface area contributed by atoms with Gasteiger partial charge in [0.1, 0.15) is 0 Å². The maximum atomic E-state index is 5.77. The minimum absolute atomic E-state index is 0.0229. The number of nitrogens with zero attached hydrogens (tertiary/aromatic N) is 1. The van der Waals surface area contributed by atoms with Gasteiger partial charge in [-0.05, 0) is 12.5 Å². The van der Waals surface area contributed by atoms with Crippen molar-refractivity contribution in [2.45, 2.75) is 18.6 Å². The standard InChI is InChI=1S/C16H24N2O2/c1-16(14-5-3-2-4-6-14)13-18(8-7-17-16)11-15-12-19-9-10-20-15/h2-6,15,17H,7-13H2,1H3. The summed E-state index contributed by atoms with van der Waals surface area (Å²) in [7, 11) is 0. The molecule has 4 heteroatoms. The van der Waals surface area contributed by atoms with Crippen LogP contribution in [0.3, 0.4) is 0 Å². The Labute approximate surface area is 121 Å². The Bertz CT molecular complexity index is 420. The number of ether oxygens (including phenoxy) is 2. The van der Waals surface area contributed by atoms with Crippen LogP contribution in [0.4, 0.5) is 0 Å². The number of nitrogens with one attached hydrogen (secondary N) is 1. The highest BCUT2D eigenvalue weighted by Gasteiger charge is 2.33. The molecule has 0 radical (unpaired) electrons. The summed E-state index contributed by atoms with van der Waals surface area (Å²) in [6.07, 6.45) is 0.224. The van der Waals surface area contributed by atoms with Crippen molar-refractivity contribution in [1.82, 2.24) is 10.2 Å². The van der Waals surface area contributed by atoms with Crippen molar-refractivity contribution < 1.29 is 9.47 Å². The first-order chi connectivity index (χ1) is 9.76. The molecule has 0 saturated carbocycles. The van der Waals surface area contributed by atoms with Gasteiger partial charge < -0.3 is 14.8 Å². The molecule has 2 saturated heterocycles. The van der Waals surface area contributed by atoms with Crippen LogP contribution in [0.2, 0.25) is 0 Å². The maximum Gasteiger partial charge on any atom is 0.0936 e. The molecule has 2 heterocycles. The van der Waals surface area contributed by atoms with Crippen molar-refractivity contribution in [2.24, 2.45) is 0 Å². The van der Waals surface area contributed by atoms with Crippen LogP contribution in [-0.4, -0.2) is 57.0 Å². The molecule has 110 valence electrons. The van der Waals surface area contributed by atoms with Gasteiger partial charge in [-0.3, -0.25) is 4.90 Å². The number of piperazine rings is 1. The van der Waals surface area contributed by atoms with Gasteiger partial charge in [-0.25, -0.2) is 0 Å². The van der Waals surface area contributed by atoms with Crippen LogP contribution in [0.1, 0.15) is 12.5 Å². The Kier molecular flexibility index (Phi) is 4.36. The summed E-state index contributed by atoms with van der Waals surface area (Å²) in [5.41, 5.74) is 1.38. The average molecular weight is 276 g/mol. The predicted molar refractivity (Wildman–Crippen MR) is 78.8 cm³/mol. The lowest BCUT2D eigenvalue weighted by molar-refractivity contribution is -0.101. The lowest BCUT2D eigenvalue weighted by Crippen LogP contribution is -2.58. The van der Waals surface area contributed by atoms with E-state index in [9.17, 15) is 0 Å². The van der Waals surface area contributed by atoms with Gasteiger partial charge in [-0.15, -0.1) is 0 Å². The molecule has 2 aliphatic rings. The molecule has 0 spiro atoms. The predicted octanol–water partition coefficient (Wildman–Crippen LogP) is 1.22. The fraction of sp³-hybridized carbons (Fsp3) is 0.625. The van der Waals surface area contributed by atoms with E-state index in [1.54, 1.807) is 0 Å². The van der Waals surface area contributed by atoms with Crippen LogP contribution in [0.15, 0.2) is 30.3 Å². The van der Waals surface area contributed by atoms with E-state index in [-0.39, 0.29) is 11.6 Å². The van der Waals surface area contributed by atoms with Crippen LogP contribution < -0.4 is 5.32 Å². The first kappa shape index (κ1) is 14.0. The zero-order valence-corrected chi connectivity index (χ0v) is 12.2. The lowest BCUT2D eigenvalue weighted by Gasteiger charge is -2.43. The normalized spacial score (nSPS) is 32.1. The van der Waals surface area contributed by atoms with Crippen molar-refractivity contribution in [3.63, 3.8) is 0 Å². The molecule has 1 aromatic carbocycles. The summed E-state index contributed by atoms with van der Waals surface area (Å²) in [5, 5.41) is 3.67. The van der Waals surface area contributed by atoms with E-state index in [1.165, 1.54) is 5.56 Å². The Morgan fingerprint density at radius 1 is 1.30 bits per heavy atom. The van der Waals surface area contributed by atoms with Gasteiger partial charge in [0.05, 0.1) is 31.5 Å². The molecule has 0 amide bonds. The van der Waals surface area contributed by atoms with Crippen molar-refractivity contribution in [2.75, 3.05) is 46.0 Å². The largest absolute Gasteiger partial charge is 0.376 e. The average Bonchev–Trinajstić information content (AvgIpc) is 2.49. The topological polar surface area (TPSA) is 33.7 Å². The Morgan fingerprint density at radius 3 is 2.90 bits per heavy atom. The first-order valence-electron chi connectivity index (χ1n) is 7.48. The summed E-state index contributed by atoms with van der Waals surface area (Å²) in [5.74, 6) is 0. The van der Waals surface area contributed by atoms with E-state index in [4.69, 9.17) is 9.47 Å². The van der Waals surface area contributed by atoms with Gasteiger partial charge in [0.2, 0.25) is 0 Å². The maximum absolute atomic E-state index is 5.77. The summed E-state index contributed by atoms with van der Waals surface area (Å²) in [6.45, 7) is 8.54. The second-order valence-corrected chi connectivity index (χ2v) is 5.93. The highest BCUT2D eigenvalue weighted by molar-refractivity contribution is 5.24. The molecular formula is C16H24N2O2. The first-order valence-corrected chi connectivity index (χ1v) is 7.48. The minimum atomic E-state index is 0.0229. The molecule has 0 aliphatic carbocycles. The fourth-order valence-corrected chi connectivity index (χ4v) is 3.16. The zero-order valence-electron chi connectivity index (χ0n) is 12.2. The highest BCUT2D eigenvalue weighted by atomic mass is 16.6.